The van der Waals surface area contributed by atoms with E-state index in [4.69, 9.17) is 5.14 Å². The molecule has 0 saturated carbocycles. The molecule has 23 heavy (non-hydrogen) atoms. The van der Waals surface area contributed by atoms with Gasteiger partial charge in [-0.2, -0.15) is 8.42 Å². The summed E-state index contributed by atoms with van der Waals surface area (Å²) in [7, 11) is -3.67. The highest BCUT2D eigenvalue weighted by Crippen LogP contribution is 2.27. The summed E-state index contributed by atoms with van der Waals surface area (Å²) in [6.07, 6.45) is 4.93. The number of hydrogen-bond acceptors (Lipinski definition) is 3. The lowest BCUT2D eigenvalue weighted by Crippen LogP contribution is -2.44. The number of fused-ring (bicyclic) bond motifs is 1. The lowest BCUT2D eigenvalue weighted by atomic mass is 9.96. The van der Waals surface area contributed by atoms with Gasteiger partial charge in [0.2, 0.25) is 0 Å². The molecule has 6 nitrogen and oxygen atoms in total. The van der Waals surface area contributed by atoms with E-state index in [-0.39, 0.29) is 18.4 Å². The third kappa shape index (κ3) is 3.91. The van der Waals surface area contributed by atoms with Gasteiger partial charge < -0.3 is 4.90 Å². The molecular formula is C16H23N3O3S. The molecule has 1 aromatic rings. The topological polar surface area (TPSA) is 92.5 Å². The Morgan fingerprint density at radius 2 is 2.13 bits per heavy atom. The zero-order valence-corrected chi connectivity index (χ0v) is 13.9. The van der Waals surface area contributed by atoms with E-state index >= 15 is 0 Å². The molecule has 1 saturated heterocycles. The second kappa shape index (κ2) is 6.59. The van der Waals surface area contributed by atoms with E-state index in [1.165, 1.54) is 11.1 Å². The molecule has 3 rings (SSSR count). The lowest BCUT2D eigenvalue weighted by Gasteiger charge is -2.33. The first-order valence-corrected chi connectivity index (χ1v) is 9.66. The third-order valence-electron chi connectivity index (χ3n) is 4.76. The van der Waals surface area contributed by atoms with Gasteiger partial charge in [-0.1, -0.05) is 12.1 Å². The fraction of sp³-hybridized carbons (Fsp3) is 0.562. The minimum atomic E-state index is -3.67. The summed E-state index contributed by atoms with van der Waals surface area (Å²) in [5, 5.41) is 4.98. The molecule has 1 aliphatic heterocycles. The molecule has 1 fully saturated rings. The number of rotatable bonds is 4. The minimum absolute atomic E-state index is 0.0732. The lowest BCUT2D eigenvalue weighted by molar-refractivity contribution is 0.0675. The van der Waals surface area contributed by atoms with Crippen LogP contribution in [0.25, 0.3) is 0 Å². The average molecular weight is 337 g/mol. The van der Waals surface area contributed by atoms with Crippen LogP contribution in [0.15, 0.2) is 18.2 Å². The van der Waals surface area contributed by atoms with E-state index in [2.05, 4.69) is 10.8 Å². The molecule has 1 heterocycles. The molecule has 0 radical (unpaired) electrons. The first kappa shape index (κ1) is 16.4. The smallest absolute Gasteiger partial charge is 0.274 e. The van der Waals surface area contributed by atoms with E-state index in [0.717, 1.165) is 44.2 Å². The number of nitrogens with one attached hydrogen (secondary N) is 1. The summed E-state index contributed by atoms with van der Waals surface area (Å²) in [6.45, 7) is 1.59. The van der Waals surface area contributed by atoms with Crippen LogP contribution in [0.1, 0.15) is 40.7 Å². The van der Waals surface area contributed by atoms with E-state index in [1.54, 1.807) is 0 Å². The number of nitrogens with two attached hydrogens (primary N) is 1. The van der Waals surface area contributed by atoms with Crippen molar-refractivity contribution in [3.63, 3.8) is 0 Å². The van der Waals surface area contributed by atoms with E-state index in [1.807, 2.05) is 17.0 Å². The van der Waals surface area contributed by atoms with Gasteiger partial charge in [0.1, 0.15) is 0 Å². The van der Waals surface area contributed by atoms with Crippen molar-refractivity contribution in [1.82, 2.24) is 9.62 Å². The molecule has 0 aromatic heterocycles. The zero-order valence-electron chi connectivity index (χ0n) is 13.1. The number of piperidine rings is 1. The monoisotopic (exact) mass is 337 g/mol. The number of nitrogens with zero attached hydrogens (tertiary/aromatic N) is 1. The Morgan fingerprint density at radius 3 is 2.91 bits per heavy atom. The number of carbonyl (C=O) groups is 1. The van der Waals surface area contributed by atoms with Crippen molar-refractivity contribution in [3.05, 3.63) is 34.9 Å². The van der Waals surface area contributed by atoms with Crippen molar-refractivity contribution in [2.45, 2.75) is 32.1 Å². The molecule has 0 bridgehead atoms. The fourth-order valence-corrected chi connectivity index (χ4v) is 4.11. The Bertz CT molecular complexity index is 703. The molecule has 7 heteroatoms. The molecule has 1 aromatic carbocycles. The summed E-state index contributed by atoms with van der Waals surface area (Å²) in [6, 6.07) is 5.98. The maximum atomic E-state index is 12.9. The van der Waals surface area contributed by atoms with Gasteiger partial charge in [-0.05, 0) is 55.2 Å². The average Bonchev–Trinajstić information content (AvgIpc) is 3.00. The maximum Gasteiger partial charge on any atom is 0.274 e. The van der Waals surface area contributed by atoms with Crippen molar-refractivity contribution >= 4 is 16.1 Å². The molecule has 1 unspecified atom stereocenters. The van der Waals surface area contributed by atoms with Crippen LogP contribution in [0.4, 0.5) is 0 Å². The van der Waals surface area contributed by atoms with Crippen LogP contribution >= 0.6 is 0 Å². The van der Waals surface area contributed by atoms with Gasteiger partial charge in [-0.25, -0.2) is 9.86 Å². The highest BCUT2D eigenvalue weighted by Gasteiger charge is 2.27. The van der Waals surface area contributed by atoms with Gasteiger partial charge in [0.25, 0.3) is 16.1 Å². The Morgan fingerprint density at radius 1 is 1.30 bits per heavy atom. The van der Waals surface area contributed by atoms with Crippen LogP contribution in [-0.4, -0.2) is 38.9 Å². The van der Waals surface area contributed by atoms with Gasteiger partial charge in [0, 0.05) is 25.2 Å². The highest BCUT2D eigenvalue weighted by molar-refractivity contribution is 7.87. The largest absolute Gasteiger partial charge is 0.338 e. The second-order valence-electron chi connectivity index (χ2n) is 6.45. The van der Waals surface area contributed by atoms with E-state index in [9.17, 15) is 13.2 Å². The van der Waals surface area contributed by atoms with Gasteiger partial charge in [-0.15, -0.1) is 0 Å². The summed E-state index contributed by atoms with van der Waals surface area (Å²) in [5.74, 6) is 0.187. The van der Waals surface area contributed by atoms with Crippen molar-refractivity contribution in [1.29, 1.82) is 0 Å². The van der Waals surface area contributed by atoms with E-state index < -0.39 is 10.2 Å². The van der Waals surface area contributed by atoms with Crippen molar-refractivity contribution < 1.29 is 13.2 Å². The number of likely N-dealkylation sites (tertiary alicyclic amines) is 1. The SMILES string of the molecule is NS(=O)(=O)NCC1CCCN(C(=O)c2cccc3c2CCC3)C1. The molecule has 0 spiro atoms. The molecule has 126 valence electrons. The summed E-state index contributed by atoms with van der Waals surface area (Å²) in [4.78, 5) is 14.7. The molecule has 1 aliphatic carbocycles. The van der Waals surface area contributed by atoms with Crippen LogP contribution < -0.4 is 9.86 Å². The van der Waals surface area contributed by atoms with Crippen molar-refractivity contribution in [2.75, 3.05) is 19.6 Å². The first-order valence-electron chi connectivity index (χ1n) is 8.11. The molecule has 2 aliphatic rings. The molecule has 1 amide bonds. The third-order valence-corrected chi connectivity index (χ3v) is 5.32. The van der Waals surface area contributed by atoms with E-state index in [0.29, 0.717) is 6.54 Å². The van der Waals surface area contributed by atoms with Gasteiger partial charge >= 0.3 is 0 Å². The Hall–Kier alpha value is -1.44. The van der Waals surface area contributed by atoms with Crippen molar-refractivity contribution in [3.8, 4) is 0 Å². The first-order chi connectivity index (χ1) is 10.9. The van der Waals surface area contributed by atoms with Crippen LogP contribution in [0.3, 0.4) is 0 Å². The van der Waals surface area contributed by atoms with Gasteiger partial charge in [-0.3, -0.25) is 4.79 Å². The standard InChI is InChI=1S/C16H23N3O3S/c17-23(21,22)18-10-12-4-3-9-19(11-12)16(20)15-8-2-6-13-5-1-7-14(13)15/h2,6,8,12,18H,1,3-5,7,9-11H2,(H2,17,21,22). The van der Waals surface area contributed by atoms with Crippen LogP contribution in [0, 0.1) is 5.92 Å². The van der Waals surface area contributed by atoms with Crippen LogP contribution in [0.5, 0.6) is 0 Å². The number of benzene rings is 1. The predicted molar refractivity (Wildman–Crippen MR) is 88.2 cm³/mol. The maximum absolute atomic E-state index is 12.9. The van der Waals surface area contributed by atoms with Crippen LogP contribution in [0.2, 0.25) is 0 Å². The minimum Gasteiger partial charge on any atom is -0.338 e. The molecular weight excluding hydrogens is 314 g/mol. The van der Waals surface area contributed by atoms with Gasteiger partial charge in [0.15, 0.2) is 0 Å². The predicted octanol–water partition coefficient (Wildman–Crippen LogP) is 0.821. The second-order valence-corrected chi connectivity index (χ2v) is 7.83. The molecule has 3 N–H and O–H groups in total. The van der Waals surface area contributed by atoms with Crippen LogP contribution in [-0.2, 0) is 23.1 Å². The Kier molecular flexibility index (Phi) is 4.70. The number of amides is 1. The Labute approximate surface area is 137 Å². The van der Waals surface area contributed by atoms with Crippen molar-refractivity contribution in [2.24, 2.45) is 11.1 Å². The highest BCUT2D eigenvalue weighted by atomic mass is 32.2. The zero-order chi connectivity index (χ0) is 16.4. The summed E-state index contributed by atoms with van der Waals surface area (Å²) in [5.41, 5.74) is 3.31. The fourth-order valence-electron chi connectivity index (χ4n) is 3.64. The normalized spacial score (nSPS) is 21.3. The molecule has 1 atom stereocenters. The number of aryl methyl sites for hydroxylation is 1. The summed E-state index contributed by atoms with van der Waals surface area (Å²) >= 11 is 0. The number of hydrogen-bond donors (Lipinski definition) is 2. The van der Waals surface area contributed by atoms with Gasteiger partial charge in [0.05, 0.1) is 0 Å². The Balaban J connectivity index is 1.69. The summed E-state index contributed by atoms with van der Waals surface area (Å²) < 4.78 is 24.4. The quantitative estimate of drug-likeness (QED) is 0.852. The number of carbonyl (C=O) groups excluding carboxylic acids is 1.